The van der Waals surface area contributed by atoms with Gasteiger partial charge in [-0.15, -0.1) is 11.8 Å². The molecule has 1 aromatic rings. The van der Waals surface area contributed by atoms with Gasteiger partial charge in [-0.05, 0) is 38.3 Å². The van der Waals surface area contributed by atoms with E-state index in [1.165, 1.54) is 25.7 Å². The van der Waals surface area contributed by atoms with Gasteiger partial charge in [-0.2, -0.15) is 0 Å². The topological polar surface area (TPSA) is 49.4 Å². The number of amides is 2. The Morgan fingerprint density at radius 1 is 1.25 bits per heavy atom. The molecule has 1 saturated heterocycles. The van der Waals surface area contributed by atoms with E-state index in [2.05, 4.69) is 17.4 Å². The summed E-state index contributed by atoms with van der Waals surface area (Å²) in [5.74, 6) is 0.153. The number of thioether (sulfide) groups is 1. The van der Waals surface area contributed by atoms with Gasteiger partial charge in [0, 0.05) is 36.2 Å². The molecule has 1 aliphatic heterocycles. The number of piperidine rings is 1. The zero-order valence-electron chi connectivity index (χ0n) is 14.5. The summed E-state index contributed by atoms with van der Waals surface area (Å²) in [5.41, 5.74) is 1.89. The third kappa shape index (κ3) is 4.12. The highest BCUT2D eigenvalue weighted by atomic mass is 32.2. The maximum absolute atomic E-state index is 12.8. The van der Waals surface area contributed by atoms with E-state index in [9.17, 15) is 9.59 Å². The number of nitrogens with one attached hydrogen (secondary N) is 1. The highest BCUT2D eigenvalue weighted by Crippen LogP contribution is 2.36. The Balaban J connectivity index is 1.71. The number of rotatable bonds is 4. The number of benzene rings is 1. The molecule has 1 unspecified atom stereocenters. The molecule has 0 spiro atoms. The Morgan fingerprint density at radius 2 is 2.00 bits per heavy atom. The van der Waals surface area contributed by atoms with Gasteiger partial charge in [0.1, 0.15) is 0 Å². The highest BCUT2D eigenvalue weighted by Gasteiger charge is 2.26. The maximum atomic E-state index is 12.8. The minimum Gasteiger partial charge on any atom is -0.347 e. The van der Waals surface area contributed by atoms with E-state index in [1.807, 2.05) is 24.8 Å². The molecule has 2 aliphatic rings. The van der Waals surface area contributed by atoms with Gasteiger partial charge >= 0.3 is 0 Å². The van der Waals surface area contributed by atoms with Gasteiger partial charge in [0.15, 0.2) is 0 Å². The molecule has 5 heteroatoms. The molecule has 1 atom stereocenters. The Labute approximate surface area is 148 Å². The second kappa shape index (κ2) is 7.60. The summed E-state index contributed by atoms with van der Waals surface area (Å²) < 4.78 is 0. The van der Waals surface area contributed by atoms with E-state index in [4.69, 9.17) is 0 Å². The second-order valence-corrected chi connectivity index (χ2v) is 8.35. The summed E-state index contributed by atoms with van der Waals surface area (Å²) in [6.07, 6.45) is 6.33. The summed E-state index contributed by atoms with van der Waals surface area (Å²) >= 11 is 1.85. The predicted octanol–water partition coefficient (Wildman–Crippen LogP) is 3.38. The Kier molecular flexibility index (Phi) is 5.49. The first-order valence-electron chi connectivity index (χ1n) is 8.85. The van der Waals surface area contributed by atoms with E-state index < -0.39 is 0 Å². The van der Waals surface area contributed by atoms with Crippen LogP contribution in [0.2, 0.25) is 0 Å². The van der Waals surface area contributed by atoms with Crippen LogP contribution in [0.25, 0.3) is 0 Å². The fourth-order valence-corrected chi connectivity index (χ4v) is 4.86. The SMILES string of the molecule is Cc1ccc(SC2CCCC2)c(C(=O)NC2CCC(=O)N(C)C2)c1. The van der Waals surface area contributed by atoms with Crippen LogP contribution in [0.1, 0.15) is 54.4 Å². The fourth-order valence-electron chi connectivity index (χ4n) is 3.50. The lowest BCUT2D eigenvalue weighted by Crippen LogP contribution is -2.48. The van der Waals surface area contributed by atoms with Crippen molar-refractivity contribution in [2.45, 2.75) is 61.6 Å². The van der Waals surface area contributed by atoms with E-state index in [0.717, 1.165) is 22.4 Å². The standard InChI is InChI=1S/C19H26N2O2S/c1-13-7-9-17(24-15-5-3-4-6-15)16(11-13)19(23)20-14-8-10-18(22)21(2)12-14/h7,9,11,14-15H,3-6,8,10,12H2,1-2H3,(H,20,23). The van der Waals surface area contributed by atoms with Gasteiger partial charge in [-0.3, -0.25) is 9.59 Å². The van der Waals surface area contributed by atoms with E-state index in [-0.39, 0.29) is 17.9 Å². The zero-order valence-corrected chi connectivity index (χ0v) is 15.3. The lowest BCUT2D eigenvalue weighted by atomic mass is 10.0. The summed E-state index contributed by atoms with van der Waals surface area (Å²) in [7, 11) is 1.80. The Hall–Kier alpha value is -1.49. The van der Waals surface area contributed by atoms with Crippen molar-refractivity contribution in [3.8, 4) is 0 Å². The van der Waals surface area contributed by atoms with Crippen LogP contribution in [0.15, 0.2) is 23.1 Å². The first-order valence-corrected chi connectivity index (χ1v) is 9.73. The Bertz CT molecular complexity index is 626. The van der Waals surface area contributed by atoms with E-state index in [0.29, 0.717) is 18.2 Å². The molecule has 1 saturated carbocycles. The molecular weight excluding hydrogens is 320 g/mol. The van der Waals surface area contributed by atoms with Crippen molar-refractivity contribution in [1.82, 2.24) is 10.2 Å². The number of carbonyl (C=O) groups is 2. The lowest BCUT2D eigenvalue weighted by Gasteiger charge is -2.30. The van der Waals surface area contributed by atoms with Crippen LogP contribution >= 0.6 is 11.8 Å². The minimum atomic E-state index is -0.00746. The predicted molar refractivity (Wildman–Crippen MR) is 97.4 cm³/mol. The van der Waals surface area contributed by atoms with Crippen LogP contribution in [0, 0.1) is 6.92 Å². The number of likely N-dealkylation sites (N-methyl/N-ethyl adjacent to an activating group) is 1. The van der Waals surface area contributed by atoms with Crippen LogP contribution in [0.4, 0.5) is 0 Å². The van der Waals surface area contributed by atoms with Gasteiger partial charge < -0.3 is 10.2 Å². The van der Waals surface area contributed by atoms with Crippen molar-refractivity contribution in [1.29, 1.82) is 0 Å². The molecule has 0 radical (unpaired) electrons. The van der Waals surface area contributed by atoms with Gasteiger partial charge in [0.2, 0.25) is 5.91 Å². The van der Waals surface area contributed by atoms with Crippen LogP contribution in [-0.2, 0) is 4.79 Å². The number of hydrogen-bond acceptors (Lipinski definition) is 3. The number of nitrogens with zero attached hydrogens (tertiary/aromatic N) is 1. The summed E-state index contributed by atoms with van der Waals surface area (Å²) in [6.45, 7) is 2.62. The molecule has 1 heterocycles. The number of aryl methyl sites for hydroxylation is 1. The molecule has 0 bridgehead atoms. The normalized spacial score (nSPS) is 22.0. The van der Waals surface area contributed by atoms with Crippen LogP contribution in [0.5, 0.6) is 0 Å². The van der Waals surface area contributed by atoms with Crippen molar-refractivity contribution in [2.24, 2.45) is 0 Å². The van der Waals surface area contributed by atoms with Crippen LogP contribution in [0.3, 0.4) is 0 Å². The first-order chi connectivity index (χ1) is 11.5. The van der Waals surface area contributed by atoms with Crippen molar-refractivity contribution in [3.63, 3.8) is 0 Å². The highest BCUT2D eigenvalue weighted by molar-refractivity contribution is 8.00. The third-order valence-electron chi connectivity index (χ3n) is 4.94. The van der Waals surface area contributed by atoms with Crippen molar-refractivity contribution in [2.75, 3.05) is 13.6 Å². The quantitative estimate of drug-likeness (QED) is 0.909. The van der Waals surface area contributed by atoms with Crippen molar-refractivity contribution in [3.05, 3.63) is 29.3 Å². The fraction of sp³-hybridized carbons (Fsp3) is 0.579. The van der Waals surface area contributed by atoms with Gasteiger partial charge in [-0.1, -0.05) is 24.5 Å². The average Bonchev–Trinajstić information content (AvgIpc) is 3.05. The summed E-state index contributed by atoms with van der Waals surface area (Å²) in [6, 6.07) is 6.21. The Morgan fingerprint density at radius 3 is 2.71 bits per heavy atom. The molecule has 4 nitrogen and oxygen atoms in total. The minimum absolute atomic E-state index is 0.00746. The summed E-state index contributed by atoms with van der Waals surface area (Å²) in [5, 5.41) is 3.77. The monoisotopic (exact) mass is 346 g/mol. The lowest BCUT2D eigenvalue weighted by molar-refractivity contribution is -0.132. The smallest absolute Gasteiger partial charge is 0.252 e. The van der Waals surface area contributed by atoms with Gasteiger partial charge in [0.25, 0.3) is 5.91 Å². The molecule has 1 aromatic carbocycles. The first kappa shape index (κ1) is 17.3. The van der Waals surface area contributed by atoms with Crippen molar-refractivity contribution < 1.29 is 9.59 Å². The maximum Gasteiger partial charge on any atom is 0.252 e. The molecule has 2 fully saturated rings. The van der Waals surface area contributed by atoms with E-state index in [1.54, 1.807) is 11.9 Å². The van der Waals surface area contributed by atoms with Crippen molar-refractivity contribution >= 4 is 23.6 Å². The molecule has 2 amide bonds. The average molecular weight is 346 g/mol. The van der Waals surface area contributed by atoms with Gasteiger partial charge in [0.05, 0.1) is 5.56 Å². The number of hydrogen-bond donors (Lipinski definition) is 1. The number of likely N-dealkylation sites (tertiary alicyclic amines) is 1. The third-order valence-corrected chi connectivity index (χ3v) is 6.35. The molecular formula is C19H26N2O2S. The molecule has 130 valence electrons. The van der Waals surface area contributed by atoms with E-state index >= 15 is 0 Å². The molecule has 3 rings (SSSR count). The summed E-state index contributed by atoms with van der Waals surface area (Å²) in [4.78, 5) is 27.2. The molecule has 1 aliphatic carbocycles. The second-order valence-electron chi connectivity index (χ2n) is 7.01. The molecule has 0 aromatic heterocycles. The molecule has 1 N–H and O–H groups in total. The largest absolute Gasteiger partial charge is 0.347 e. The molecule has 24 heavy (non-hydrogen) atoms. The zero-order chi connectivity index (χ0) is 17.1. The van der Waals surface area contributed by atoms with Gasteiger partial charge in [-0.25, -0.2) is 0 Å². The number of carbonyl (C=O) groups excluding carboxylic acids is 2. The van der Waals surface area contributed by atoms with Crippen LogP contribution in [-0.4, -0.2) is 41.6 Å². The van der Waals surface area contributed by atoms with Crippen LogP contribution < -0.4 is 5.32 Å².